The molecule has 1 saturated heterocycles. The van der Waals surface area contributed by atoms with E-state index in [0.29, 0.717) is 32.1 Å². The minimum Gasteiger partial charge on any atom is -0.444 e. The van der Waals surface area contributed by atoms with Gasteiger partial charge in [0.15, 0.2) is 0 Å². The fourth-order valence-corrected chi connectivity index (χ4v) is 2.19. The highest BCUT2D eigenvalue weighted by Gasteiger charge is 2.35. The van der Waals surface area contributed by atoms with Gasteiger partial charge in [-0.3, -0.25) is 4.90 Å². The molecule has 0 aromatic rings. The Balaban J connectivity index is 2.63. The number of carbonyl (C=O) groups is 1. The fraction of sp³-hybridized carbons (Fsp3) is 0.933. The van der Waals surface area contributed by atoms with Crippen LogP contribution in [0.5, 0.6) is 0 Å². The first-order valence-electron chi connectivity index (χ1n) is 7.46. The highest BCUT2D eigenvalue weighted by molar-refractivity contribution is 5.68. The molecule has 1 rings (SSSR count). The quantitative estimate of drug-likeness (QED) is 0.862. The molecule has 0 aromatic carbocycles. The normalized spacial score (nSPS) is 21.9. The van der Waals surface area contributed by atoms with E-state index >= 15 is 0 Å². The Labute approximate surface area is 122 Å². The maximum Gasteiger partial charge on any atom is 0.410 e. The standard InChI is InChI=1S/C15H29NO4/c1-11(2)6-7-13(17)12-10-19-9-8-16(12)14(18)20-15(3,4)5/h11-13,17H,6-10H2,1-5H3. The average Bonchev–Trinajstić information content (AvgIpc) is 2.33. The largest absolute Gasteiger partial charge is 0.444 e. The van der Waals surface area contributed by atoms with Crippen molar-refractivity contribution in [2.75, 3.05) is 19.8 Å². The highest BCUT2D eigenvalue weighted by Crippen LogP contribution is 2.19. The van der Waals surface area contributed by atoms with Crippen molar-refractivity contribution < 1.29 is 19.4 Å². The van der Waals surface area contributed by atoms with E-state index in [1.807, 2.05) is 20.8 Å². The van der Waals surface area contributed by atoms with E-state index in [4.69, 9.17) is 9.47 Å². The lowest BCUT2D eigenvalue weighted by Gasteiger charge is -2.39. The molecule has 0 saturated carbocycles. The van der Waals surface area contributed by atoms with Crippen LogP contribution in [-0.2, 0) is 9.47 Å². The van der Waals surface area contributed by atoms with E-state index in [0.717, 1.165) is 6.42 Å². The molecular weight excluding hydrogens is 258 g/mol. The van der Waals surface area contributed by atoms with Gasteiger partial charge in [-0.15, -0.1) is 0 Å². The van der Waals surface area contributed by atoms with Gasteiger partial charge in [0.2, 0.25) is 0 Å². The summed E-state index contributed by atoms with van der Waals surface area (Å²) >= 11 is 0. The molecule has 0 aromatic heterocycles. The molecule has 1 N–H and O–H groups in total. The number of carbonyl (C=O) groups excluding carboxylic acids is 1. The van der Waals surface area contributed by atoms with E-state index in [2.05, 4.69) is 13.8 Å². The number of morpholine rings is 1. The molecule has 2 atom stereocenters. The van der Waals surface area contributed by atoms with Gasteiger partial charge in [0.25, 0.3) is 0 Å². The van der Waals surface area contributed by atoms with E-state index < -0.39 is 11.7 Å². The zero-order valence-corrected chi connectivity index (χ0v) is 13.4. The minimum atomic E-state index is -0.565. The molecule has 1 heterocycles. The third-order valence-electron chi connectivity index (χ3n) is 3.28. The van der Waals surface area contributed by atoms with E-state index in [-0.39, 0.29) is 12.1 Å². The predicted octanol–water partition coefficient (Wildman–Crippen LogP) is 2.42. The van der Waals surface area contributed by atoms with Crippen LogP contribution in [0.25, 0.3) is 0 Å². The average molecular weight is 287 g/mol. The van der Waals surface area contributed by atoms with Crippen LogP contribution in [0.3, 0.4) is 0 Å². The molecule has 0 radical (unpaired) electrons. The predicted molar refractivity (Wildman–Crippen MR) is 77.6 cm³/mol. The van der Waals surface area contributed by atoms with Crippen molar-refractivity contribution in [3.63, 3.8) is 0 Å². The Bertz CT molecular complexity index is 311. The summed E-state index contributed by atoms with van der Waals surface area (Å²) in [4.78, 5) is 13.8. The SMILES string of the molecule is CC(C)CCC(O)C1COCCN1C(=O)OC(C)(C)C. The van der Waals surface area contributed by atoms with E-state index in [1.165, 1.54) is 0 Å². The number of aliphatic hydroxyl groups is 1. The van der Waals surface area contributed by atoms with Gasteiger partial charge in [-0.05, 0) is 39.5 Å². The van der Waals surface area contributed by atoms with E-state index in [1.54, 1.807) is 4.90 Å². The van der Waals surface area contributed by atoms with Crippen LogP contribution in [0.4, 0.5) is 4.79 Å². The number of hydrogen-bond acceptors (Lipinski definition) is 4. The van der Waals surface area contributed by atoms with Crippen LogP contribution in [0, 0.1) is 5.92 Å². The van der Waals surface area contributed by atoms with Gasteiger partial charge in [-0.2, -0.15) is 0 Å². The Morgan fingerprint density at radius 2 is 2.05 bits per heavy atom. The summed E-state index contributed by atoms with van der Waals surface area (Å²) in [6.45, 7) is 11.1. The second-order valence-electron chi connectivity index (χ2n) is 6.85. The van der Waals surface area contributed by atoms with Gasteiger partial charge in [0.1, 0.15) is 5.60 Å². The summed E-state index contributed by atoms with van der Waals surface area (Å²) in [5.41, 5.74) is -0.525. The molecule has 0 aliphatic carbocycles. The smallest absolute Gasteiger partial charge is 0.410 e. The molecule has 1 aliphatic rings. The zero-order valence-electron chi connectivity index (χ0n) is 13.4. The molecule has 5 heteroatoms. The Hall–Kier alpha value is -0.810. The molecular formula is C15H29NO4. The topological polar surface area (TPSA) is 59.0 Å². The molecule has 0 spiro atoms. The third kappa shape index (κ3) is 5.67. The lowest BCUT2D eigenvalue weighted by molar-refractivity contribution is -0.0685. The van der Waals surface area contributed by atoms with Crippen LogP contribution in [0.15, 0.2) is 0 Å². The van der Waals surface area contributed by atoms with Gasteiger partial charge in [-0.25, -0.2) is 4.79 Å². The summed E-state index contributed by atoms with van der Waals surface area (Å²) < 4.78 is 10.8. The second-order valence-corrected chi connectivity index (χ2v) is 6.85. The van der Waals surface area contributed by atoms with Crippen molar-refractivity contribution in [3.05, 3.63) is 0 Å². The van der Waals surface area contributed by atoms with Crippen molar-refractivity contribution in [2.45, 2.75) is 65.2 Å². The Morgan fingerprint density at radius 1 is 1.40 bits per heavy atom. The Kier molecular flexibility index (Phi) is 6.27. The minimum absolute atomic E-state index is 0.308. The van der Waals surface area contributed by atoms with Crippen LogP contribution in [0.2, 0.25) is 0 Å². The number of hydrogen-bond donors (Lipinski definition) is 1. The maximum absolute atomic E-state index is 12.2. The third-order valence-corrected chi connectivity index (χ3v) is 3.28. The van der Waals surface area contributed by atoms with Crippen LogP contribution >= 0.6 is 0 Å². The first-order valence-corrected chi connectivity index (χ1v) is 7.46. The summed E-state index contributed by atoms with van der Waals surface area (Å²) in [5.74, 6) is 0.532. The second kappa shape index (κ2) is 7.27. The Morgan fingerprint density at radius 3 is 2.60 bits per heavy atom. The summed E-state index contributed by atoms with van der Waals surface area (Å²) in [6.07, 6.45) is 0.671. The molecule has 118 valence electrons. The molecule has 0 bridgehead atoms. The van der Waals surface area contributed by atoms with Crippen molar-refractivity contribution >= 4 is 6.09 Å². The zero-order chi connectivity index (χ0) is 15.3. The molecule has 20 heavy (non-hydrogen) atoms. The summed E-state index contributed by atoms with van der Waals surface area (Å²) in [6, 6.07) is -0.308. The van der Waals surface area contributed by atoms with Gasteiger partial charge >= 0.3 is 6.09 Å². The van der Waals surface area contributed by atoms with Gasteiger partial charge < -0.3 is 14.6 Å². The fourth-order valence-electron chi connectivity index (χ4n) is 2.19. The van der Waals surface area contributed by atoms with Crippen molar-refractivity contribution in [3.8, 4) is 0 Å². The summed E-state index contributed by atoms with van der Waals surface area (Å²) in [7, 11) is 0. The van der Waals surface area contributed by atoms with Crippen molar-refractivity contribution in [1.82, 2.24) is 4.90 Å². The van der Waals surface area contributed by atoms with Crippen LogP contribution in [0.1, 0.15) is 47.5 Å². The van der Waals surface area contributed by atoms with Gasteiger partial charge in [-0.1, -0.05) is 13.8 Å². The number of amides is 1. The molecule has 2 unspecified atom stereocenters. The van der Waals surface area contributed by atoms with E-state index in [9.17, 15) is 9.90 Å². The van der Waals surface area contributed by atoms with Gasteiger partial charge in [0, 0.05) is 6.54 Å². The molecule has 5 nitrogen and oxygen atoms in total. The van der Waals surface area contributed by atoms with Crippen LogP contribution < -0.4 is 0 Å². The lowest BCUT2D eigenvalue weighted by Crippen LogP contribution is -2.55. The number of nitrogens with zero attached hydrogens (tertiary/aromatic N) is 1. The maximum atomic E-state index is 12.2. The molecule has 1 amide bonds. The highest BCUT2D eigenvalue weighted by atomic mass is 16.6. The van der Waals surface area contributed by atoms with Crippen molar-refractivity contribution in [1.29, 1.82) is 0 Å². The monoisotopic (exact) mass is 287 g/mol. The van der Waals surface area contributed by atoms with Crippen LogP contribution in [-0.4, -0.2) is 53.6 Å². The first-order chi connectivity index (χ1) is 9.20. The lowest BCUT2D eigenvalue weighted by atomic mass is 9.99. The summed E-state index contributed by atoms with van der Waals surface area (Å²) in [5, 5.41) is 10.3. The van der Waals surface area contributed by atoms with Gasteiger partial charge in [0.05, 0.1) is 25.4 Å². The number of ether oxygens (including phenoxy) is 2. The molecule has 1 aliphatic heterocycles. The number of rotatable bonds is 4. The first kappa shape index (κ1) is 17.2. The number of aliphatic hydroxyl groups excluding tert-OH is 1. The van der Waals surface area contributed by atoms with Crippen molar-refractivity contribution in [2.24, 2.45) is 5.92 Å². The molecule has 1 fully saturated rings.